The molecule has 0 radical (unpaired) electrons. The average molecular weight is 344 g/mol. The number of rotatable bonds is 3. The van der Waals surface area contributed by atoms with Gasteiger partial charge in [-0.1, -0.05) is 19.8 Å². The fraction of sp³-hybridized carbons (Fsp3) is 0.500. The minimum atomic E-state index is -0.843. The zero-order chi connectivity index (χ0) is 17.6. The van der Waals surface area contributed by atoms with Crippen molar-refractivity contribution in [2.75, 3.05) is 13.3 Å². The first-order valence-electron chi connectivity index (χ1n) is 8.58. The smallest absolute Gasteiger partial charge is 0.325 e. The first-order valence-corrected chi connectivity index (χ1v) is 8.58. The molecule has 1 saturated heterocycles. The molecule has 1 aliphatic carbocycles. The highest BCUT2D eigenvalue weighted by Gasteiger charge is 2.55. The molecular formula is C18H20N2O5. The third-order valence-electron chi connectivity index (χ3n) is 5.50. The van der Waals surface area contributed by atoms with E-state index in [-0.39, 0.29) is 30.9 Å². The number of fused-ring (bicyclic) bond motifs is 1. The predicted molar refractivity (Wildman–Crippen MR) is 87.5 cm³/mol. The second-order valence-electron chi connectivity index (χ2n) is 6.93. The maximum absolute atomic E-state index is 12.9. The highest BCUT2D eigenvalue weighted by Crippen LogP contribution is 2.38. The van der Waals surface area contributed by atoms with E-state index in [1.54, 1.807) is 18.2 Å². The normalized spacial score (nSPS) is 27.7. The van der Waals surface area contributed by atoms with Gasteiger partial charge in [-0.25, -0.2) is 4.79 Å². The topological polar surface area (TPSA) is 84.9 Å². The van der Waals surface area contributed by atoms with Gasteiger partial charge in [-0.15, -0.1) is 0 Å². The summed E-state index contributed by atoms with van der Waals surface area (Å²) >= 11 is 0. The first kappa shape index (κ1) is 15.9. The van der Waals surface area contributed by atoms with Crippen molar-refractivity contribution in [2.45, 2.75) is 38.1 Å². The van der Waals surface area contributed by atoms with Crippen LogP contribution >= 0.6 is 0 Å². The number of carbonyl (C=O) groups is 3. The van der Waals surface area contributed by atoms with Gasteiger partial charge in [0.2, 0.25) is 6.79 Å². The maximum Gasteiger partial charge on any atom is 0.325 e. The van der Waals surface area contributed by atoms with Gasteiger partial charge in [0.1, 0.15) is 5.54 Å². The number of nitrogens with zero attached hydrogens (tertiary/aromatic N) is 1. The van der Waals surface area contributed by atoms with Gasteiger partial charge in [0, 0.05) is 5.56 Å². The van der Waals surface area contributed by atoms with E-state index in [0.717, 1.165) is 24.2 Å². The van der Waals surface area contributed by atoms with Crippen LogP contribution in [0.3, 0.4) is 0 Å². The van der Waals surface area contributed by atoms with Crippen LogP contribution in [0.15, 0.2) is 18.2 Å². The summed E-state index contributed by atoms with van der Waals surface area (Å²) in [6.45, 7) is 1.85. The number of imide groups is 1. The van der Waals surface area contributed by atoms with E-state index in [1.807, 2.05) is 6.92 Å². The lowest BCUT2D eigenvalue weighted by molar-refractivity contribution is -0.133. The average Bonchev–Trinajstić information content (AvgIpc) is 3.16. The van der Waals surface area contributed by atoms with Crippen molar-refractivity contribution in [1.82, 2.24) is 10.2 Å². The molecule has 1 spiro atoms. The Morgan fingerprint density at radius 2 is 2.08 bits per heavy atom. The summed E-state index contributed by atoms with van der Waals surface area (Å²) in [6.07, 6.45) is 3.49. The van der Waals surface area contributed by atoms with Gasteiger partial charge in [-0.3, -0.25) is 14.5 Å². The summed E-state index contributed by atoms with van der Waals surface area (Å²) in [5.41, 5.74) is -0.452. The Morgan fingerprint density at radius 1 is 1.28 bits per heavy atom. The molecule has 0 bridgehead atoms. The Bertz CT molecular complexity index is 762. The Hall–Kier alpha value is -2.57. The number of amides is 3. The molecule has 7 nitrogen and oxygen atoms in total. The highest BCUT2D eigenvalue weighted by molar-refractivity contribution is 6.11. The molecule has 3 aliphatic rings. The van der Waals surface area contributed by atoms with Crippen LogP contribution in [0.25, 0.3) is 0 Å². The number of Topliss-reactive ketones (excluding diaryl/α,β-unsaturated/α-hetero) is 1. The molecule has 1 N–H and O–H groups in total. The van der Waals surface area contributed by atoms with Gasteiger partial charge < -0.3 is 14.8 Å². The minimum absolute atomic E-state index is 0.0725. The van der Waals surface area contributed by atoms with Gasteiger partial charge in [0.25, 0.3) is 5.91 Å². The van der Waals surface area contributed by atoms with Crippen molar-refractivity contribution in [1.29, 1.82) is 0 Å². The van der Waals surface area contributed by atoms with Crippen molar-refractivity contribution >= 4 is 17.7 Å². The van der Waals surface area contributed by atoms with Crippen molar-refractivity contribution in [3.05, 3.63) is 23.8 Å². The van der Waals surface area contributed by atoms with Gasteiger partial charge >= 0.3 is 6.03 Å². The standard InChI is InChI=1S/C18H20N2O5/c1-11-4-2-3-7-18(11)16(22)20(17(23)19-18)9-13(21)12-5-6-14-15(8-12)25-10-24-14/h5-6,8,11H,2-4,7,9-10H2,1H3,(H,19,23)/t11-,18+/m0/s1. The second-order valence-corrected chi connectivity index (χ2v) is 6.93. The molecule has 25 heavy (non-hydrogen) atoms. The molecule has 1 saturated carbocycles. The van der Waals surface area contributed by atoms with Crippen molar-refractivity contribution in [3.8, 4) is 11.5 Å². The van der Waals surface area contributed by atoms with E-state index in [4.69, 9.17) is 9.47 Å². The third-order valence-corrected chi connectivity index (χ3v) is 5.50. The van der Waals surface area contributed by atoms with Gasteiger partial charge in [-0.2, -0.15) is 0 Å². The first-order chi connectivity index (χ1) is 12.0. The van der Waals surface area contributed by atoms with E-state index in [9.17, 15) is 14.4 Å². The molecule has 2 fully saturated rings. The van der Waals surface area contributed by atoms with E-state index < -0.39 is 11.6 Å². The van der Waals surface area contributed by atoms with Crippen LogP contribution in [0.1, 0.15) is 43.0 Å². The highest BCUT2D eigenvalue weighted by atomic mass is 16.7. The number of benzene rings is 1. The van der Waals surface area contributed by atoms with Crippen LogP contribution in [0.5, 0.6) is 11.5 Å². The van der Waals surface area contributed by atoms with Crippen LogP contribution in [0.2, 0.25) is 0 Å². The molecule has 2 aliphatic heterocycles. The van der Waals surface area contributed by atoms with Gasteiger partial charge in [0.15, 0.2) is 17.3 Å². The Kier molecular flexibility index (Phi) is 3.67. The second kappa shape index (κ2) is 5.75. The Labute approximate surface area is 145 Å². The molecule has 1 aromatic carbocycles. The zero-order valence-corrected chi connectivity index (χ0v) is 14.0. The number of urea groups is 1. The summed E-state index contributed by atoms with van der Waals surface area (Å²) in [4.78, 5) is 38.9. The molecule has 0 aromatic heterocycles. The van der Waals surface area contributed by atoms with Gasteiger partial charge in [0.05, 0.1) is 6.54 Å². The number of ether oxygens (including phenoxy) is 2. The van der Waals surface area contributed by atoms with Crippen LogP contribution in [-0.2, 0) is 4.79 Å². The molecule has 4 rings (SSSR count). The summed E-state index contributed by atoms with van der Waals surface area (Å²) in [5, 5.41) is 2.86. The lowest BCUT2D eigenvalue weighted by Crippen LogP contribution is -2.54. The summed E-state index contributed by atoms with van der Waals surface area (Å²) in [7, 11) is 0. The van der Waals surface area contributed by atoms with Crippen LogP contribution in [-0.4, -0.2) is 41.5 Å². The third kappa shape index (κ3) is 2.45. The lowest BCUT2D eigenvalue weighted by atomic mass is 9.73. The summed E-state index contributed by atoms with van der Waals surface area (Å²) < 4.78 is 10.5. The van der Waals surface area contributed by atoms with Gasteiger partial charge in [-0.05, 0) is 37.0 Å². The number of nitrogens with one attached hydrogen (secondary N) is 1. The van der Waals surface area contributed by atoms with Crippen LogP contribution in [0.4, 0.5) is 4.79 Å². The Morgan fingerprint density at radius 3 is 2.88 bits per heavy atom. The molecule has 0 unspecified atom stereocenters. The van der Waals surface area contributed by atoms with E-state index in [0.29, 0.717) is 23.5 Å². The monoisotopic (exact) mass is 344 g/mol. The van der Waals surface area contributed by atoms with Crippen molar-refractivity contribution in [3.63, 3.8) is 0 Å². The molecule has 2 atom stereocenters. The fourth-order valence-electron chi connectivity index (χ4n) is 3.94. The molecular weight excluding hydrogens is 324 g/mol. The van der Waals surface area contributed by atoms with Crippen LogP contribution in [0, 0.1) is 5.92 Å². The van der Waals surface area contributed by atoms with Crippen molar-refractivity contribution < 1.29 is 23.9 Å². The summed E-state index contributed by atoms with van der Waals surface area (Å²) in [6, 6.07) is 4.38. The quantitative estimate of drug-likeness (QED) is 0.670. The maximum atomic E-state index is 12.9. The molecule has 3 amide bonds. The number of ketones is 1. The number of hydrogen-bond donors (Lipinski definition) is 1. The largest absolute Gasteiger partial charge is 0.454 e. The molecule has 7 heteroatoms. The summed E-state index contributed by atoms with van der Waals surface area (Å²) in [5.74, 6) is 0.575. The Balaban J connectivity index is 1.53. The van der Waals surface area contributed by atoms with Crippen LogP contribution < -0.4 is 14.8 Å². The fourth-order valence-corrected chi connectivity index (χ4v) is 3.94. The zero-order valence-electron chi connectivity index (χ0n) is 14.0. The molecule has 1 aromatic rings. The molecule has 2 heterocycles. The predicted octanol–water partition coefficient (Wildman–Crippen LogP) is 2.10. The molecule has 132 valence electrons. The van der Waals surface area contributed by atoms with E-state index in [2.05, 4.69) is 5.32 Å². The minimum Gasteiger partial charge on any atom is -0.454 e. The number of hydrogen-bond acceptors (Lipinski definition) is 5. The van der Waals surface area contributed by atoms with E-state index >= 15 is 0 Å². The van der Waals surface area contributed by atoms with E-state index in [1.165, 1.54) is 0 Å². The van der Waals surface area contributed by atoms with Crippen molar-refractivity contribution in [2.24, 2.45) is 5.92 Å². The lowest BCUT2D eigenvalue weighted by Gasteiger charge is -2.36. The SMILES string of the molecule is C[C@H]1CCCC[C@@]12NC(=O)N(CC(=O)c1ccc3c(c1)OCO3)C2=O. The number of carbonyl (C=O) groups excluding carboxylic acids is 3.